The predicted octanol–water partition coefficient (Wildman–Crippen LogP) is 5.41. The van der Waals surface area contributed by atoms with Crippen LogP contribution >= 0.6 is 0 Å². The molecule has 1 N–H and O–H groups in total. The van der Waals surface area contributed by atoms with Crippen LogP contribution in [0, 0.1) is 5.82 Å². The number of carboxylic acids is 1. The molecule has 0 radical (unpaired) electrons. The van der Waals surface area contributed by atoms with Crippen LogP contribution in [0.25, 0.3) is 17.3 Å². The van der Waals surface area contributed by atoms with E-state index in [0.29, 0.717) is 30.0 Å². The highest BCUT2D eigenvalue weighted by molar-refractivity contribution is 5.87. The molecule has 4 aromatic rings. The number of aliphatic carboxylic acids is 1. The van der Waals surface area contributed by atoms with Crippen LogP contribution in [0.5, 0.6) is 5.75 Å². The van der Waals surface area contributed by atoms with Gasteiger partial charge in [0.25, 0.3) is 0 Å². The maximum atomic E-state index is 13.3. The van der Waals surface area contributed by atoms with E-state index >= 15 is 0 Å². The van der Waals surface area contributed by atoms with Gasteiger partial charge in [0, 0.05) is 23.4 Å². The van der Waals surface area contributed by atoms with Crippen molar-refractivity contribution in [2.24, 2.45) is 0 Å². The molecule has 0 aliphatic carbocycles. The van der Waals surface area contributed by atoms with Crippen molar-refractivity contribution in [1.82, 2.24) is 9.78 Å². The van der Waals surface area contributed by atoms with E-state index in [1.54, 1.807) is 23.0 Å². The molecule has 1 heterocycles. The van der Waals surface area contributed by atoms with Crippen molar-refractivity contribution in [2.75, 3.05) is 0 Å². The van der Waals surface area contributed by atoms with Gasteiger partial charge in [-0.1, -0.05) is 42.5 Å². The largest absolute Gasteiger partial charge is 0.489 e. The Morgan fingerprint density at radius 1 is 0.969 bits per heavy atom. The minimum atomic E-state index is -1.05. The minimum Gasteiger partial charge on any atom is -0.489 e. The highest BCUT2D eigenvalue weighted by atomic mass is 19.1. The number of rotatable bonds is 8. The number of aromatic nitrogens is 2. The zero-order valence-corrected chi connectivity index (χ0v) is 17.2. The second-order valence-electron chi connectivity index (χ2n) is 7.23. The summed E-state index contributed by atoms with van der Waals surface area (Å²) < 4.78 is 20.9. The lowest BCUT2D eigenvalue weighted by Gasteiger charge is -2.07. The third-order valence-electron chi connectivity index (χ3n) is 4.83. The molecule has 0 aliphatic heterocycles. The first-order chi connectivity index (χ1) is 15.6. The van der Waals surface area contributed by atoms with E-state index in [4.69, 9.17) is 9.84 Å². The van der Waals surface area contributed by atoms with E-state index in [2.05, 4.69) is 5.10 Å². The molecule has 5 nitrogen and oxygen atoms in total. The first-order valence-electron chi connectivity index (χ1n) is 10.1. The third kappa shape index (κ3) is 5.49. The fourth-order valence-electron chi connectivity index (χ4n) is 3.25. The highest BCUT2D eigenvalue weighted by Crippen LogP contribution is 2.24. The monoisotopic (exact) mass is 428 g/mol. The van der Waals surface area contributed by atoms with Gasteiger partial charge >= 0.3 is 5.97 Å². The Bertz CT molecular complexity index is 1210. The normalized spacial score (nSPS) is 11.0. The molecule has 32 heavy (non-hydrogen) atoms. The molecule has 0 unspecified atom stereocenters. The van der Waals surface area contributed by atoms with Crippen LogP contribution in [0.3, 0.4) is 0 Å². The number of halogens is 1. The van der Waals surface area contributed by atoms with Crippen LogP contribution in [0.2, 0.25) is 0 Å². The van der Waals surface area contributed by atoms with E-state index < -0.39 is 5.97 Å². The average molecular weight is 428 g/mol. The van der Waals surface area contributed by atoms with Crippen molar-refractivity contribution in [3.05, 3.63) is 114 Å². The van der Waals surface area contributed by atoms with Gasteiger partial charge in [-0.05, 0) is 53.6 Å². The molecule has 0 aliphatic rings. The number of hydrogen-bond donors (Lipinski definition) is 1. The van der Waals surface area contributed by atoms with Crippen molar-refractivity contribution in [3.63, 3.8) is 0 Å². The standard InChI is InChI=1S/C26H21FN2O3/c27-23-11-8-21(9-12-23)26-22(10-15-25(30)31)17-29(28-26)16-19-6-13-24(14-7-19)32-18-20-4-2-1-3-5-20/h1-15,17H,16,18H2,(H,30,31). The fraction of sp³-hybridized carbons (Fsp3) is 0.0769. The van der Waals surface area contributed by atoms with Gasteiger partial charge in [-0.25, -0.2) is 9.18 Å². The lowest BCUT2D eigenvalue weighted by Crippen LogP contribution is -2.01. The van der Waals surface area contributed by atoms with E-state index in [1.807, 2.05) is 54.6 Å². The van der Waals surface area contributed by atoms with Gasteiger partial charge < -0.3 is 9.84 Å². The number of carbonyl (C=O) groups is 1. The Balaban J connectivity index is 1.50. The minimum absolute atomic E-state index is 0.342. The first kappa shape index (κ1) is 21.1. The number of hydrogen-bond acceptors (Lipinski definition) is 3. The molecule has 3 aromatic carbocycles. The van der Waals surface area contributed by atoms with Crippen molar-refractivity contribution < 1.29 is 19.0 Å². The Hall–Kier alpha value is -4.19. The molecular weight excluding hydrogens is 407 g/mol. The molecule has 160 valence electrons. The summed E-state index contributed by atoms with van der Waals surface area (Å²) in [5.74, 6) is -0.616. The lowest BCUT2D eigenvalue weighted by atomic mass is 10.1. The molecule has 0 bridgehead atoms. The number of carboxylic acid groups (broad SMARTS) is 1. The van der Waals surface area contributed by atoms with Crippen molar-refractivity contribution >= 4 is 12.0 Å². The number of nitrogens with zero attached hydrogens (tertiary/aromatic N) is 2. The summed E-state index contributed by atoms with van der Waals surface area (Å²) in [7, 11) is 0. The summed E-state index contributed by atoms with van der Waals surface area (Å²) in [6, 6.07) is 23.7. The van der Waals surface area contributed by atoms with Gasteiger partial charge in [0.1, 0.15) is 18.2 Å². The molecule has 1 aromatic heterocycles. The Kier molecular flexibility index (Phi) is 6.41. The van der Waals surface area contributed by atoms with Gasteiger partial charge in [-0.3, -0.25) is 4.68 Å². The van der Waals surface area contributed by atoms with Crippen LogP contribution in [-0.2, 0) is 17.9 Å². The van der Waals surface area contributed by atoms with Gasteiger partial charge in [-0.15, -0.1) is 0 Å². The zero-order valence-electron chi connectivity index (χ0n) is 17.2. The van der Waals surface area contributed by atoms with E-state index in [0.717, 1.165) is 23.0 Å². The van der Waals surface area contributed by atoms with Crippen LogP contribution in [0.15, 0.2) is 91.1 Å². The fourth-order valence-corrected chi connectivity index (χ4v) is 3.25. The molecule has 0 fully saturated rings. The van der Waals surface area contributed by atoms with E-state index in [9.17, 15) is 9.18 Å². The molecular formula is C26H21FN2O3. The lowest BCUT2D eigenvalue weighted by molar-refractivity contribution is -0.131. The van der Waals surface area contributed by atoms with E-state index in [-0.39, 0.29) is 5.82 Å². The number of benzene rings is 3. The second kappa shape index (κ2) is 9.75. The SMILES string of the molecule is O=C(O)C=Cc1cn(Cc2ccc(OCc3ccccc3)cc2)nc1-c1ccc(F)cc1. The summed E-state index contributed by atoms with van der Waals surface area (Å²) in [6.07, 6.45) is 4.33. The summed E-state index contributed by atoms with van der Waals surface area (Å²) in [5, 5.41) is 13.6. The molecule has 4 rings (SSSR count). The van der Waals surface area contributed by atoms with Gasteiger partial charge in [0.2, 0.25) is 0 Å². The van der Waals surface area contributed by atoms with Crippen LogP contribution in [-0.4, -0.2) is 20.9 Å². The van der Waals surface area contributed by atoms with Gasteiger partial charge in [0.15, 0.2) is 0 Å². The maximum absolute atomic E-state index is 13.3. The van der Waals surface area contributed by atoms with Crippen LogP contribution in [0.1, 0.15) is 16.7 Å². The predicted molar refractivity (Wildman–Crippen MR) is 121 cm³/mol. The molecule has 0 amide bonds. The summed E-state index contributed by atoms with van der Waals surface area (Å²) in [5.41, 5.74) is 4.05. The molecule has 0 saturated heterocycles. The van der Waals surface area contributed by atoms with Crippen molar-refractivity contribution in [3.8, 4) is 17.0 Å². The van der Waals surface area contributed by atoms with Crippen LogP contribution in [0.4, 0.5) is 4.39 Å². The molecule has 0 spiro atoms. The maximum Gasteiger partial charge on any atom is 0.328 e. The third-order valence-corrected chi connectivity index (χ3v) is 4.83. The van der Waals surface area contributed by atoms with Crippen LogP contribution < -0.4 is 4.74 Å². The smallest absolute Gasteiger partial charge is 0.328 e. The van der Waals surface area contributed by atoms with Crippen molar-refractivity contribution in [2.45, 2.75) is 13.2 Å². The van der Waals surface area contributed by atoms with Crippen molar-refractivity contribution in [1.29, 1.82) is 0 Å². The highest BCUT2D eigenvalue weighted by Gasteiger charge is 2.11. The summed E-state index contributed by atoms with van der Waals surface area (Å²) in [4.78, 5) is 11.0. The van der Waals surface area contributed by atoms with E-state index in [1.165, 1.54) is 18.2 Å². The van der Waals surface area contributed by atoms with Gasteiger partial charge in [0.05, 0.1) is 12.2 Å². The second-order valence-corrected chi connectivity index (χ2v) is 7.23. The first-order valence-corrected chi connectivity index (χ1v) is 10.1. The summed E-state index contributed by atoms with van der Waals surface area (Å²) >= 11 is 0. The topological polar surface area (TPSA) is 64.3 Å². The Morgan fingerprint density at radius 3 is 2.38 bits per heavy atom. The Labute approximate surface area is 185 Å². The summed E-state index contributed by atoms with van der Waals surface area (Å²) in [6.45, 7) is 0.994. The quantitative estimate of drug-likeness (QED) is 0.381. The average Bonchev–Trinajstić information content (AvgIpc) is 3.21. The molecule has 6 heteroatoms. The number of ether oxygens (including phenoxy) is 1. The zero-order chi connectivity index (χ0) is 22.3. The molecule has 0 saturated carbocycles. The Morgan fingerprint density at radius 2 is 1.69 bits per heavy atom. The van der Waals surface area contributed by atoms with Gasteiger partial charge in [-0.2, -0.15) is 5.10 Å². The molecule has 0 atom stereocenters.